The summed E-state index contributed by atoms with van der Waals surface area (Å²) in [6.45, 7) is 29.8. The molecule has 0 fully saturated rings. The molecule has 0 bridgehead atoms. The number of pyridine rings is 1. The number of aromatic nitrogens is 3. The summed E-state index contributed by atoms with van der Waals surface area (Å²) in [5.74, 6) is 3.09. The van der Waals surface area contributed by atoms with Gasteiger partial charge >= 0.3 is 0 Å². The van der Waals surface area contributed by atoms with Crippen molar-refractivity contribution in [1.29, 1.82) is 0 Å². The Balaban J connectivity index is 0.00000645. The number of ether oxygens (including phenoxy) is 1. The van der Waals surface area contributed by atoms with Crippen molar-refractivity contribution in [2.75, 3.05) is 9.80 Å². The number of fused-ring (bicyclic) bond motifs is 7. The summed E-state index contributed by atoms with van der Waals surface area (Å²) < 4.78 is 11.5. The molecule has 12 rings (SSSR count). The summed E-state index contributed by atoms with van der Waals surface area (Å²) in [5, 5.41) is 4.62. The summed E-state index contributed by atoms with van der Waals surface area (Å²) in [6, 6.07) is 67.0. The van der Waals surface area contributed by atoms with E-state index >= 15 is 0 Å². The molecule has 8 aromatic carbocycles. The fraction of sp³-hybridized carbons (Fsp3) is 0.239. The van der Waals surface area contributed by atoms with Gasteiger partial charge in [0.25, 0.3) is 0 Å². The molecule has 0 spiro atoms. The van der Waals surface area contributed by atoms with Crippen molar-refractivity contribution in [2.24, 2.45) is 0 Å². The van der Waals surface area contributed by atoms with Crippen LogP contribution >= 0.6 is 0 Å². The Kier molecular flexibility index (Phi) is 13.6. The van der Waals surface area contributed by atoms with E-state index in [4.69, 9.17) is 9.72 Å². The van der Waals surface area contributed by atoms with E-state index in [1.165, 1.54) is 55.2 Å². The van der Waals surface area contributed by atoms with Crippen molar-refractivity contribution in [1.82, 2.24) is 14.1 Å². The number of hydrogen-bond donors (Lipinski definition) is 0. The number of hydrogen-bond acceptors (Lipinski definition) is 4. The molecule has 4 heterocycles. The van der Waals surface area contributed by atoms with E-state index in [0.29, 0.717) is 29.3 Å². The minimum absolute atomic E-state index is 0. The molecule has 0 radical (unpaired) electrons. The van der Waals surface area contributed by atoms with E-state index in [9.17, 15) is 0 Å². The van der Waals surface area contributed by atoms with Gasteiger partial charge in [-0.3, -0.25) is 0 Å². The molecular formula is C71H68N5OPt-3. The Morgan fingerprint density at radius 3 is 1.69 bits per heavy atom. The van der Waals surface area contributed by atoms with Crippen molar-refractivity contribution in [3.05, 3.63) is 217 Å². The second kappa shape index (κ2) is 20.1. The minimum atomic E-state index is -0.0190. The maximum absolute atomic E-state index is 6.86. The number of nitrogens with zero attached hydrogens (tertiary/aromatic N) is 5. The SMILES string of the molecule is CC(C)c1cc(C(C)C)c(-c2ccnc(-n3c4[c-]c(Oc5[c-]c(N6[CH-]N(c7cc(C(C)(C)C)cc(C(C)(C)C)c7)c7ccccc76)ccc5)ccc4c4cc(-n5c6ccccc6c6ccccc65)ccc43)c2)c(C(C)C)c1.[Pt]. The third kappa shape index (κ3) is 9.30. The summed E-state index contributed by atoms with van der Waals surface area (Å²) in [4.78, 5) is 9.71. The number of para-hydroxylation sites is 4. The van der Waals surface area contributed by atoms with Gasteiger partial charge < -0.3 is 23.7 Å². The van der Waals surface area contributed by atoms with Crippen molar-refractivity contribution in [2.45, 2.75) is 112 Å². The van der Waals surface area contributed by atoms with Gasteiger partial charge in [0.2, 0.25) is 0 Å². The molecule has 0 saturated carbocycles. The largest absolute Gasteiger partial charge is 0.509 e. The first-order valence-electron chi connectivity index (χ1n) is 27.4. The number of rotatable bonds is 10. The first kappa shape index (κ1) is 52.6. The van der Waals surface area contributed by atoms with Gasteiger partial charge in [-0.2, -0.15) is 12.1 Å². The third-order valence-electron chi connectivity index (χ3n) is 15.7. The van der Waals surface area contributed by atoms with Crippen LogP contribution in [0.25, 0.3) is 66.2 Å². The molecule has 3 aromatic heterocycles. The summed E-state index contributed by atoms with van der Waals surface area (Å²) >= 11 is 0. The van der Waals surface area contributed by atoms with Crippen LogP contribution in [0.2, 0.25) is 0 Å². The Morgan fingerprint density at radius 1 is 0.487 bits per heavy atom. The van der Waals surface area contributed by atoms with Gasteiger partial charge in [-0.15, -0.1) is 48.1 Å². The standard InChI is InChI=1S/C71H68N5O.Pt/c1-44(2)48-34-59(45(3)4)69(60(35-48)46(5)6)47-32-33-72-68(36-47)76-64-31-28-52(75-62-24-15-13-22-56(62)57-23-14-16-25-63(57)75)41-61(64)58-30-29-55(42-67(58)76)77-54-21-19-20-51(40-54)73-43-74(66-27-18-17-26-65(66)73)53-38-49(70(7,8)9)37-50(39-53)71(10,11)12;/h13-39,41,43-46H,1-12H3;/q-3;. The van der Waals surface area contributed by atoms with Gasteiger partial charge in [-0.1, -0.05) is 155 Å². The summed E-state index contributed by atoms with van der Waals surface area (Å²) in [7, 11) is 0. The zero-order valence-electron chi connectivity index (χ0n) is 46.9. The molecule has 1 aliphatic rings. The molecular weight excluding hydrogens is 1130 g/mol. The van der Waals surface area contributed by atoms with Gasteiger partial charge in [-0.25, -0.2) is 4.98 Å². The molecule has 0 aliphatic carbocycles. The molecule has 396 valence electrons. The minimum Gasteiger partial charge on any atom is -0.509 e. The smallest absolute Gasteiger partial charge is 0.136 e. The van der Waals surface area contributed by atoms with Crippen LogP contribution in [0, 0.1) is 18.8 Å². The molecule has 0 N–H and O–H groups in total. The first-order chi connectivity index (χ1) is 36.9. The predicted octanol–water partition coefficient (Wildman–Crippen LogP) is 19.7. The molecule has 1 aliphatic heterocycles. The molecule has 0 amide bonds. The van der Waals surface area contributed by atoms with Gasteiger partial charge in [-0.05, 0) is 140 Å². The second-order valence-electron chi connectivity index (χ2n) is 24.0. The molecule has 0 saturated heterocycles. The third-order valence-corrected chi connectivity index (χ3v) is 15.7. The van der Waals surface area contributed by atoms with Crippen LogP contribution in [0.4, 0.5) is 22.7 Å². The van der Waals surface area contributed by atoms with Crippen molar-refractivity contribution < 1.29 is 25.8 Å². The maximum Gasteiger partial charge on any atom is 0.136 e. The van der Waals surface area contributed by atoms with E-state index in [2.05, 4.69) is 266 Å². The van der Waals surface area contributed by atoms with Gasteiger partial charge in [0, 0.05) is 77.8 Å². The molecule has 11 aromatic rings. The van der Waals surface area contributed by atoms with E-state index in [1.54, 1.807) is 0 Å². The van der Waals surface area contributed by atoms with Crippen molar-refractivity contribution in [3.8, 4) is 34.1 Å². The fourth-order valence-corrected chi connectivity index (χ4v) is 11.4. The number of benzene rings is 8. The van der Waals surface area contributed by atoms with Crippen LogP contribution in [0.3, 0.4) is 0 Å². The Hall–Kier alpha value is -7.40. The van der Waals surface area contributed by atoms with Crippen molar-refractivity contribution in [3.63, 3.8) is 0 Å². The predicted molar refractivity (Wildman–Crippen MR) is 324 cm³/mol. The Morgan fingerprint density at radius 2 is 1.08 bits per heavy atom. The van der Waals surface area contributed by atoms with E-state index in [1.807, 2.05) is 24.4 Å². The first-order valence-corrected chi connectivity index (χ1v) is 27.4. The second-order valence-corrected chi connectivity index (χ2v) is 24.0. The van der Waals surface area contributed by atoms with Crippen LogP contribution in [-0.2, 0) is 31.9 Å². The van der Waals surface area contributed by atoms with Gasteiger partial charge in [0.05, 0.1) is 11.0 Å². The zero-order chi connectivity index (χ0) is 53.7. The fourth-order valence-electron chi connectivity index (χ4n) is 11.4. The zero-order valence-corrected chi connectivity index (χ0v) is 49.2. The molecule has 78 heavy (non-hydrogen) atoms. The summed E-state index contributed by atoms with van der Waals surface area (Å²) in [6.07, 6.45) is 1.97. The molecule has 6 nitrogen and oxygen atoms in total. The van der Waals surface area contributed by atoms with E-state index < -0.39 is 0 Å². The normalized spacial score (nSPS) is 13.0. The van der Waals surface area contributed by atoms with Crippen LogP contribution in [0.15, 0.2) is 170 Å². The topological polar surface area (TPSA) is 38.5 Å². The summed E-state index contributed by atoms with van der Waals surface area (Å²) in [5.41, 5.74) is 18.7. The molecule has 0 atom stereocenters. The van der Waals surface area contributed by atoms with Gasteiger partial charge in [0.15, 0.2) is 0 Å². The van der Waals surface area contributed by atoms with E-state index in [-0.39, 0.29) is 31.9 Å². The monoisotopic (exact) mass is 1200 g/mol. The molecule has 7 heteroatoms. The average Bonchev–Trinajstić information content (AvgIpc) is 4.30. The van der Waals surface area contributed by atoms with Crippen LogP contribution in [0.1, 0.15) is 129 Å². The van der Waals surface area contributed by atoms with E-state index in [0.717, 1.165) is 61.6 Å². The van der Waals surface area contributed by atoms with Crippen LogP contribution < -0.4 is 14.5 Å². The average molecular weight is 1200 g/mol. The quantitative estimate of drug-likeness (QED) is 0.128. The number of anilines is 4. The van der Waals surface area contributed by atoms with Gasteiger partial charge in [0.1, 0.15) is 5.82 Å². The Labute approximate surface area is 475 Å². The van der Waals surface area contributed by atoms with Crippen LogP contribution in [-0.4, -0.2) is 14.1 Å². The van der Waals surface area contributed by atoms with Crippen molar-refractivity contribution >= 4 is 66.4 Å². The molecule has 0 unspecified atom stereocenters. The Bertz CT molecular complexity index is 3970. The van der Waals surface area contributed by atoms with Crippen LogP contribution in [0.5, 0.6) is 11.5 Å². The maximum atomic E-state index is 6.86.